The molecule has 5 rings (SSSR count). The van der Waals surface area contributed by atoms with Crippen LogP contribution >= 0.6 is 0 Å². The number of rotatable bonds is 4. The lowest BCUT2D eigenvalue weighted by Gasteiger charge is -2.44. The number of para-hydroxylation sites is 1. The van der Waals surface area contributed by atoms with Crippen molar-refractivity contribution >= 4 is 11.7 Å². The van der Waals surface area contributed by atoms with Crippen molar-refractivity contribution in [1.29, 1.82) is 0 Å². The van der Waals surface area contributed by atoms with Gasteiger partial charge < -0.3 is 15.2 Å². The molecule has 2 N–H and O–H groups in total. The summed E-state index contributed by atoms with van der Waals surface area (Å²) in [6, 6.07) is 14.3. The molecule has 2 fully saturated rings. The number of benzene rings is 2. The van der Waals surface area contributed by atoms with Gasteiger partial charge in [-0.2, -0.15) is 0 Å². The molecule has 2 aliphatic carbocycles. The number of fused-ring (bicyclic) bond motifs is 7. The van der Waals surface area contributed by atoms with Gasteiger partial charge in [-0.1, -0.05) is 24.3 Å². The highest BCUT2D eigenvalue weighted by atomic mass is 16.5. The van der Waals surface area contributed by atoms with E-state index in [9.17, 15) is 9.90 Å². The molecule has 4 heteroatoms. The summed E-state index contributed by atoms with van der Waals surface area (Å²) in [7, 11) is 0. The van der Waals surface area contributed by atoms with Gasteiger partial charge in [0.15, 0.2) is 0 Å². The summed E-state index contributed by atoms with van der Waals surface area (Å²) in [5.74, 6) is 2.45. The topological polar surface area (TPSA) is 58.6 Å². The van der Waals surface area contributed by atoms with E-state index in [1.165, 1.54) is 30.4 Å². The fraction of sp³-hybridized carbons (Fsp3) is 0.435. The Balaban J connectivity index is 1.59. The third-order valence-corrected chi connectivity index (χ3v) is 6.90. The van der Waals surface area contributed by atoms with Crippen LogP contribution < -0.4 is 10.1 Å². The zero-order valence-electron chi connectivity index (χ0n) is 15.5. The first-order chi connectivity index (χ1) is 13.2. The maximum Gasteiger partial charge on any atom is 0.337 e. The molecule has 4 nitrogen and oxygen atoms in total. The first-order valence-corrected chi connectivity index (χ1v) is 10.0. The quantitative estimate of drug-likeness (QED) is 0.795. The monoisotopic (exact) mass is 363 g/mol. The Kier molecular flexibility index (Phi) is 3.88. The second-order valence-electron chi connectivity index (χ2n) is 8.14. The van der Waals surface area contributed by atoms with Crippen molar-refractivity contribution in [2.45, 2.75) is 38.1 Å². The molecule has 0 spiro atoms. The van der Waals surface area contributed by atoms with Crippen molar-refractivity contribution in [3.05, 3.63) is 59.2 Å². The van der Waals surface area contributed by atoms with Crippen LogP contribution in [-0.4, -0.2) is 17.7 Å². The van der Waals surface area contributed by atoms with Gasteiger partial charge in [0.2, 0.25) is 0 Å². The molecule has 1 heterocycles. The summed E-state index contributed by atoms with van der Waals surface area (Å²) >= 11 is 0. The van der Waals surface area contributed by atoms with Crippen LogP contribution in [0.3, 0.4) is 0 Å². The van der Waals surface area contributed by atoms with Gasteiger partial charge >= 0.3 is 5.97 Å². The van der Waals surface area contributed by atoms with Gasteiger partial charge in [0.25, 0.3) is 0 Å². The molecule has 0 amide bonds. The minimum absolute atomic E-state index is 0.161. The highest BCUT2D eigenvalue weighted by Crippen LogP contribution is 2.64. The number of hydrogen-bond acceptors (Lipinski definition) is 3. The number of ether oxygens (including phenoxy) is 1. The van der Waals surface area contributed by atoms with E-state index in [0.717, 1.165) is 17.4 Å². The molecule has 5 atom stereocenters. The lowest BCUT2D eigenvalue weighted by molar-refractivity contribution is 0.0697. The Morgan fingerprint density at radius 1 is 1.15 bits per heavy atom. The molecule has 0 unspecified atom stereocenters. The second-order valence-corrected chi connectivity index (χ2v) is 8.14. The van der Waals surface area contributed by atoms with Crippen molar-refractivity contribution in [2.75, 3.05) is 11.9 Å². The highest BCUT2D eigenvalue weighted by molar-refractivity contribution is 5.95. The maximum atomic E-state index is 11.8. The van der Waals surface area contributed by atoms with Gasteiger partial charge in [0, 0.05) is 0 Å². The largest absolute Gasteiger partial charge is 0.494 e. The van der Waals surface area contributed by atoms with Gasteiger partial charge in [0.05, 0.1) is 23.9 Å². The third-order valence-electron chi connectivity index (χ3n) is 6.90. The van der Waals surface area contributed by atoms with Crippen molar-refractivity contribution in [3.8, 4) is 5.75 Å². The van der Waals surface area contributed by atoms with Crippen LogP contribution in [0.25, 0.3) is 0 Å². The van der Waals surface area contributed by atoms with E-state index in [1.54, 1.807) is 6.07 Å². The summed E-state index contributed by atoms with van der Waals surface area (Å²) in [4.78, 5) is 11.8. The average Bonchev–Trinajstić information content (AvgIpc) is 3.30. The van der Waals surface area contributed by atoms with E-state index in [1.807, 2.05) is 25.1 Å². The summed E-state index contributed by atoms with van der Waals surface area (Å²) in [6.45, 7) is 2.64. The van der Waals surface area contributed by atoms with Crippen LogP contribution in [-0.2, 0) is 0 Å². The molecule has 27 heavy (non-hydrogen) atoms. The fourth-order valence-corrected chi connectivity index (χ4v) is 5.96. The second kappa shape index (κ2) is 6.29. The molecule has 0 radical (unpaired) electrons. The van der Waals surface area contributed by atoms with E-state index in [2.05, 4.69) is 23.5 Å². The number of aromatic carboxylic acids is 1. The summed E-state index contributed by atoms with van der Waals surface area (Å²) in [6.07, 6.45) is 3.86. The fourth-order valence-electron chi connectivity index (χ4n) is 5.96. The van der Waals surface area contributed by atoms with E-state index in [4.69, 9.17) is 4.74 Å². The van der Waals surface area contributed by atoms with E-state index in [0.29, 0.717) is 29.9 Å². The summed E-state index contributed by atoms with van der Waals surface area (Å²) in [5, 5.41) is 13.4. The number of carboxylic acid groups (broad SMARTS) is 1. The van der Waals surface area contributed by atoms with Gasteiger partial charge in [-0.15, -0.1) is 0 Å². The molecule has 2 aromatic carbocycles. The lowest BCUT2D eigenvalue weighted by atomic mass is 9.67. The molecular formula is C23H25NO3. The summed E-state index contributed by atoms with van der Waals surface area (Å²) < 4.78 is 5.59. The zero-order chi connectivity index (χ0) is 18.5. The van der Waals surface area contributed by atoms with Gasteiger partial charge in [-0.3, -0.25) is 0 Å². The molecule has 2 bridgehead atoms. The summed E-state index contributed by atoms with van der Waals surface area (Å²) in [5.41, 5.74) is 3.67. The Morgan fingerprint density at radius 3 is 2.67 bits per heavy atom. The molecule has 2 aromatic rings. The van der Waals surface area contributed by atoms with E-state index < -0.39 is 5.97 Å². The van der Waals surface area contributed by atoms with Crippen LogP contribution in [0, 0.1) is 17.8 Å². The van der Waals surface area contributed by atoms with Crippen LogP contribution in [0.15, 0.2) is 42.5 Å². The minimum Gasteiger partial charge on any atom is -0.494 e. The van der Waals surface area contributed by atoms with E-state index >= 15 is 0 Å². The predicted molar refractivity (Wildman–Crippen MR) is 104 cm³/mol. The molecule has 0 aromatic heterocycles. The van der Waals surface area contributed by atoms with Crippen molar-refractivity contribution < 1.29 is 14.6 Å². The minimum atomic E-state index is -0.855. The first kappa shape index (κ1) is 16.7. The number of hydrogen-bond donors (Lipinski definition) is 2. The molecule has 1 aliphatic heterocycles. The van der Waals surface area contributed by atoms with Gasteiger partial charge in [-0.05, 0) is 79.2 Å². The molecule has 0 saturated heterocycles. The SMILES string of the molecule is CCOc1ccc([C@@H]2Nc3c(C(=O)O)cccc3[C@H]3[C@H]4CC[C@@H](C4)[C@@H]32)cc1. The zero-order valence-corrected chi connectivity index (χ0v) is 15.5. The molecule has 140 valence electrons. The number of anilines is 1. The molecule has 2 saturated carbocycles. The van der Waals surface area contributed by atoms with Crippen molar-refractivity contribution in [3.63, 3.8) is 0 Å². The van der Waals surface area contributed by atoms with Crippen LogP contribution in [0.5, 0.6) is 5.75 Å². The van der Waals surface area contributed by atoms with Gasteiger partial charge in [0.1, 0.15) is 5.75 Å². The van der Waals surface area contributed by atoms with Crippen LogP contribution in [0.4, 0.5) is 5.69 Å². The standard InChI is InChI=1S/C23H25NO3/c1-2-27-16-10-8-13(9-11-16)21-20-15-7-6-14(12-15)19(20)17-4-3-5-18(23(25)26)22(17)24-21/h3-5,8-11,14-15,19-21,24H,2,6-7,12H2,1H3,(H,25,26)/t14-,15-,19+,20-,21-/m0/s1. The van der Waals surface area contributed by atoms with E-state index in [-0.39, 0.29) is 6.04 Å². The van der Waals surface area contributed by atoms with Crippen LogP contribution in [0.2, 0.25) is 0 Å². The third kappa shape index (κ3) is 2.53. The normalized spacial score (nSPS) is 30.3. The Morgan fingerprint density at radius 2 is 1.93 bits per heavy atom. The smallest absolute Gasteiger partial charge is 0.337 e. The van der Waals surface area contributed by atoms with Crippen molar-refractivity contribution in [1.82, 2.24) is 0 Å². The Labute approximate surface area is 159 Å². The van der Waals surface area contributed by atoms with Crippen LogP contribution in [0.1, 0.15) is 59.6 Å². The number of nitrogens with one attached hydrogen (secondary N) is 1. The molecular weight excluding hydrogens is 338 g/mol. The Bertz CT molecular complexity index is 876. The molecule has 3 aliphatic rings. The average molecular weight is 363 g/mol. The van der Waals surface area contributed by atoms with Gasteiger partial charge in [-0.25, -0.2) is 4.79 Å². The predicted octanol–water partition coefficient (Wildman–Crippen LogP) is 5.08. The highest BCUT2D eigenvalue weighted by Gasteiger charge is 2.54. The number of carboxylic acids is 1. The lowest BCUT2D eigenvalue weighted by Crippen LogP contribution is -2.36. The maximum absolute atomic E-state index is 11.8. The number of carbonyl (C=O) groups is 1. The van der Waals surface area contributed by atoms with Crippen molar-refractivity contribution in [2.24, 2.45) is 17.8 Å². The Hall–Kier alpha value is -2.49. The first-order valence-electron chi connectivity index (χ1n) is 10.0.